The van der Waals surface area contributed by atoms with Gasteiger partial charge in [0.25, 0.3) is 16.6 Å². The van der Waals surface area contributed by atoms with E-state index in [1.807, 2.05) is 72.8 Å². The second-order valence-corrected chi connectivity index (χ2v) is 16.6. The number of hydrogen-bond acceptors (Lipinski definition) is 3. The van der Waals surface area contributed by atoms with Crippen LogP contribution in [0.1, 0.15) is 0 Å². The highest BCUT2D eigenvalue weighted by Crippen LogP contribution is 2.33. The van der Waals surface area contributed by atoms with Gasteiger partial charge in [0.05, 0.1) is 0 Å². The van der Waals surface area contributed by atoms with Crippen molar-refractivity contribution in [1.82, 2.24) is 0 Å². The zero-order valence-corrected chi connectivity index (χ0v) is 21.3. The summed E-state index contributed by atoms with van der Waals surface area (Å²) in [5.74, 6) is 0. The van der Waals surface area contributed by atoms with E-state index < -0.39 is 24.9 Å². The van der Waals surface area contributed by atoms with Gasteiger partial charge in [-0.15, -0.1) is 0 Å². The van der Waals surface area contributed by atoms with Crippen LogP contribution in [0.2, 0.25) is 13.1 Å². The maximum absolute atomic E-state index is 13.6. The first-order chi connectivity index (χ1) is 15.5. The molecular weight excluding hydrogens is 447 g/mol. The van der Waals surface area contributed by atoms with Gasteiger partial charge in [-0.05, 0) is 33.8 Å². The summed E-state index contributed by atoms with van der Waals surface area (Å²) in [6.07, 6.45) is 0. The largest absolute Gasteiger partial charge is 0.344 e. The van der Waals surface area contributed by atoms with Crippen molar-refractivity contribution in [3.05, 3.63) is 121 Å². The highest BCUT2D eigenvalue weighted by atomic mass is 31.1. The van der Waals surface area contributed by atoms with Gasteiger partial charge in [-0.25, -0.2) is 0 Å². The zero-order valence-electron chi connectivity index (χ0n) is 18.3. The van der Waals surface area contributed by atoms with E-state index in [9.17, 15) is 4.57 Å². The molecule has 0 saturated heterocycles. The first kappa shape index (κ1) is 22.7. The molecule has 4 rings (SSSR count). The lowest BCUT2D eigenvalue weighted by Crippen LogP contribution is -2.59. The predicted octanol–water partition coefficient (Wildman–Crippen LogP) is 4.19. The van der Waals surface area contributed by atoms with Crippen molar-refractivity contribution < 1.29 is 13.0 Å². The molecule has 0 radical (unpaired) electrons. The van der Waals surface area contributed by atoms with E-state index >= 15 is 0 Å². The number of hydrogen-bond donors (Lipinski definition) is 0. The lowest BCUT2D eigenvalue weighted by atomic mass is 10.4. The minimum atomic E-state index is -2.82. The summed E-state index contributed by atoms with van der Waals surface area (Å²) >= 11 is 0. The van der Waals surface area contributed by atoms with Gasteiger partial charge in [0.2, 0.25) is 0 Å². The van der Waals surface area contributed by atoms with Crippen molar-refractivity contribution in [2.75, 3.05) is 0 Å². The molecule has 0 unspecified atom stereocenters. The third kappa shape index (κ3) is 4.78. The van der Waals surface area contributed by atoms with Crippen molar-refractivity contribution in [2.45, 2.75) is 13.1 Å². The average molecular weight is 475 g/mol. The monoisotopic (exact) mass is 474 g/mol. The Kier molecular flexibility index (Phi) is 7.04. The maximum Gasteiger partial charge on any atom is 0.300 e. The molecule has 0 atom stereocenters. The van der Waals surface area contributed by atoms with E-state index in [1.54, 1.807) is 0 Å². The van der Waals surface area contributed by atoms with E-state index in [0.717, 1.165) is 20.7 Å². The molecule has 0 saturated carbocycles. The third-order valence-corrected chi connectivity index (χ3v) is 16.2. The van der Waals surface area contributed by atoms with Crippen LogP contribution in [0.25, 0.3) is 0 Å². The van der Waals surface area contributed by atoms with Crippen molar-refractivity contribution in [3.8, 4) is 0 Å². The van der Waals surface area contributed by atoms with Gasteiger partial charge in [-0.2, -0.15) is 0 Å². The van der Waals surface area contributed by atoms with E-state index in [4.69, 9.17) is 8.43 Å². The standard InChI is InChI=1S/C26H27O3PSi2/c1-31(23-15-7-3-8-16-23,24-17-9-4-10-18-24)28-30(27)29-32(2,25-19-11-5-12-20-25)26-21-13-6-14-22-26/h3-22,30H,1-2H3. The van der Waals surface area contributed by atoms with Gasteiger partial charge in [-0.3, -0.25) is 4.57 Å². The fourth-order valence-corrected chi connectivity index (χ4v) is 13.0. The van der Waals surface area contributed by atoms with Crippen LogP contribution in [0.5, 0.6) is 0 Å². The summed E-state index contributed by atoms with van der Waals surface area (Å²) < 4.78 is 26.5. The third-order valence-electron chi connectivity index (χ3n) is 5.87. The Hall–Kier alpha value is -2.54. The first-order valence-corrected chi connectivity index (χ1v) is 16.7. The molecular formula is C26H27O3PSi2. The molecule has 0 spiro atoms. The summed E-state index contributed by atoms with van der Waals surface area (Å²) in [4.78, 5) is 0. The molecule has 4 aromatic rings. The zero-order chi connectivity index (χ0) is 22.4. The molecule has 162 valence electrons. The number of rotatable bonds is 8. The Morgan fingerprint density at radius 3 is 0.906 bits per heavy atom. The SMILES string of the molecule is C[Si](O[PH](=O)O[Si](C)(c1ccccc1)c1ccccc1)(c1ccccc1)c1ccccc1. The molecule has 0 N–H and O–H groups in total. The second kappa shape index (κ2) is 9.94. The maximum atomic E-state index is 13.6. The van der Waals surface area contributed by atoms with Crippen LogP contribution >= 0.6 is 8.25 Å². The molecule has 0 bridgehead atoms. The molecule has 4 aromatic carbocycles. The Morgan fingerprint density at radius 2 is 0.688 bits per heavy atom. The molecule has 0 amide bonds. The Morgan fingerprint density at radius 1 is 0.469 bits per heavy atom. The van der Waals surface area contributed by atoms with Crippen LogP contribution < -0.4 is 20.7 Å². The Labute approximate surface area is 192 Å². The van der Waals surface area contributed by atoms with Crippen molar-refractivity contribution in [1.29, 1.82) is 0 Å². The van der Waals surface area contributed by atoms with E-state index in [0.29, 0.717) is 0 Å². The van der Waals surface area contributed by atoms with Gasteiger partial charge in [-0.1, -0.05) is 121 Å². The molecule has 6 heteroatoms. The topological polar surface area (TPSA) is 35.5 Å². The molecule has 0 heterocycles. The van der Waals surface area contributed by atoms with Crippen molar-refractivity contribution in [3.63, 3.8) is 0 Å². The average Bonchev–Trinajstić information content (AvgIpc) is 2.86. The second-order valence-electron chi connectivity index (χ2n) is 7.98. The summed E-state index contributed by atoms with van der Waals surface area (Å²) in [7, 11) is -8.29. The fourth-order valence-electron chi connectivity index (χ4n) is 3.95. The minimum absolute atomic E-state index is 1.07. The van der Waals surface area contributed by atoms with Crippen LogP contribution in [0, 0.1) is 0 Å². The van der Waals surface area contributed by atoms with Gasteiger partial charge in [0.15, 0.2) is 0 Å². The lowest BCUT2D eigenvalue weighted by molar-refractivity contribution is 0.420. The Bertz CT molecular complexity index is 985. The summed E-state index contributed by atoms with van der Waals surface area (Å²) in [5.41, 5.74) is 0. The molecule has 0 aliphatic carbocycles. The van der Waals surface area contributed by atoms with E-state index in [-0.39, 0.29) is 0 Å². The van der Waals surface area contributed by atoms with Crippen LogP contribution in [0.15, 0.2) is 121 Å². The molecule has 0 aliphatic rings. The quantitative estimate of drug-likeness (QED) is 0.284. The highest BCUT2D eigenvalue weighted by molar-refractivity contribution is 7.40. The van der Waals surface area contributed by atoms with Gasteiger partial charge in [0.1, 0.15) is 0 Å². The molecule has 32 heavy (non-hydrogen) atoms. The molecule has 0 aliphatic heterocycles. The molecule has 3 nitrogen and oxygen atoms in total. The summed E-state index contributed by atoms with van der Waals surface area (Å²) in [6.45, 7) is 4.18. The predicted molar refractivity (Wildman–Crippen MR) is 139 cm³/mol. The highest BCUT2D eigenvalue weighted by Gasteiger charge is 2.41. The normalized spacial score (nSPS) is 12.1. The van der Waals surface area contributed by atoms with Crippen LogP contribution in [0.4, 0.5) is 0 Å². The van der Waals surface area contributed by atoms with E-state index in [1.165, 1.54) is 0 Å². The smallest absolute Gasteiger partial charge is 0.300 e. The van der Waals surface area contributed by atoms with Gasteiger partial charge in [0, 0.05) is 0 Å². The Balaban J connectivity index is 1.70. The first-order valence-electron chi connectivity index (χ1n) is 10.7. The van der Waals surface area contributed by atoms with Crippen LogP contribution in [0.3, 0.4) is 0 Å². The summed E-state index contributed by atoms with van der Waals surface area (Å²) in [6, 6.07) is 40.4. The van der Waals surface area contributed by atoms with Gasteiger partial charge >= 0.3 is 8.25 Å². The fraction of sp³-hybridized carbons (Fsp3) is 0.0769. The molecule has 0 aromatic heterocycles. The van der Waals surface area contributed by atoms with Crippen molar-refractivity contribution >= 4 is 45.6 Å². The van der Waals surface area contributed by atoms with Crippen LogP contribution in [-0.2, 0) is 13.0 Å². The molecule has 0 fully saturated rings. The van der Waals surface area contributed by atoms with E-state index in [2.05, 4.69) is 61.6 Å². The summed E-state index contributed by atoms with van der Waals surface area (Å²) in [5, 5.41) is 4.26. The van der Waals surface area contributed by atoms with Gasteiger partial charge < -0.3 is 8.43 Å². The number of benzene rings is 4. The lowest BCUT2D eigenvalue weighted by Gasteiger charge is -2.32. The van der Waals surface area contributed by atoms with Crippen LogP contribution in [-0.4, -0.2) is 16.6 Å². The minimum Gasteiger partial charge on any atom is -0.344 e. The van der Waals surface area contributed by atoms with Crippen molar-refractivity contribution in [2.24, 2.45) is 0 Å².